The van der Waals surface area contributed by atoms with Gasteiger partial charge in [-0.05, 0) is 37.5 Å². The number of hydrogen-bond donors (Lipinski definition) is 1. The predicted molar refractivity (Wildman–Crippen MR) is 69.9 cm³/mol. The molecular formula is C14H26N2. The van der Waals surface area contributed by atoms with Crippen LogP contribution in [-0.4, -0.2) is 18.9 Å². The Bertz CT molecular complexity index is 235. The number of amidine groups is 1. The molecule has 2 aliphatic rings. The van der Waals surface area contributed by atoms with Gasteiger partial charge in [0.15, 0.2) is 0 Å². The molecule has 92 valence electrons. The molecule has 1 heterocycles. The highest BCUT2D eigenvalue weighted by Gasteiger charge is 2.18. The van der Waals surface area contributed by atoms with E-state index in [0.29, 0.717) is 0 Å². The Morgan fingerprint density at radius 2 is 2.12 bits per heavy atom. The molecule has 1 saturated carbocycles. The zero-order valence-electron chi connectivity index (χ0n) is 10.7. The standard InChI is InChI=1S/C14H26N2/c1-12-6-5-7-13(10-12)11-16-14-8-3-2-4-9-15-14/h12-13H,2-11H2,1H3,(H,15,16). The van der Waals surface area contributed by atoms with Gasteiger partial charge < -0.3 is 5.32 Å². The summed E-state index contributed by atoms with van der Waals surface area (Å²) in [7, 11) is 0. The summed E-state index contributed by atoms with van der Waals surface area (Å²) in [5, 5.41) is 3.60. The molecule has 0 aromatic carbocycles. The Morgan fingerprint density at radius 1 is 1.19 bits per heavy atom. The van der Waals surface area contributed by atoms with Gasteiger partial charge in [-0.1, -0.05) is 26.2 Å². The maximum atomic E-state index is 4.63. The molecular weight excluding hydrogens is 196 g/mol. The summed E-state index contributed by atoms with van der Waals surface area (Å²) in [6.07, 6.45) is 10.9. The zero-order valence-corrected chi connectivity index (χ0v) is 10.7. The van der Waals surface area contributed by atoms with E-state index in [9.17, 15) is 0 Å². The van der Waals surface area contributed by atoms with Crippen LogP contribution in [0.2, 0.25) is 0 Å². The molecule has 1 N–H and O–H groups in total. The smallest absolute Gasteiger partial charge is 0.0963 e. The van der Waals surface area contributed by atoms with Crippen LogP contribution in [-0.2, 0) is 0 Å². The molecule has 0 radical (unpaired) electrons. The van der Waals surface area contributed by atoms with Gasteiger partial charge >= 0.3 is 0 Å². The number of hydrogen-bond acceptors (Lipinski definition) is 2. The van der Waals surface area contributed by atoms with Crippen molar-refractivity contribution in [1.82, 2.24) is 5.32 Å². The van der Waals surface area contributed by atoms with E-state index in [2.05, 4.69) is 17.2 Å². The summed E-state index contributed by atoms with van der Waals surface area (Å²) in [6.45, 7) is 4.61. The van der Waals surface area contributed by atoms with E-state index < -0.39 is 0 Å². The number of rotatable bonds is 2. The summed E-state index contributed by atoms with van der Waals surface area (Å²) < 4.78 is 0. The molecule has 1 fully saturated rings. The van der Waals surface area contributed by atoms with Crippen LogP contribution in [0.1, 0.15) is 58.3 Å². The van der Waals surface area contributed by atoms with E-state index in [-0.39, 0.29) is 0 Å². The molecule has 2 atom stereocenters. The van der Waals surface area contributed by atoms with E-state index in [1.165, 1.54) is 63.7 Å². The van der Waals surface area contributed by atoms with Crippen LogP contribution >= 0.6 is 0 Å². The van der Waals surface area contributed by atoms with Crippen molar-refractivity contribution < 1.29 is 0 Å². The van der Waals surface area contributed by atoms with Gasteiger partial charge in [0.1, 0.15) is 0 Å². The molecule has 1 aliphatic heterocycles. The van der Waals surface area contributed by atoms with Crippen LogP contribution in [0, 0.1) is 11.8 Å². The minimum Gasteiger partial charge on any atom is -0.374 e. The Morgan fingerprint density at radius 3 is 3.00 bits per heavy atom. The van der Waals surface area contributed by atoms with Crippen molar-refractivity contribution in [1.29, 1.82) is 0 Å². The summed E-state index contributed by atoms with van der Waals surface area (Å²) in [5.74, 6) is 3.13. The van der Waals surface area contributed by atoms with Gasteiger partial charge in [-0.25, -0.2) is 0 Å². The van der Waals surface area contributed by atoms with Crippen LogP contribution in [0.25, 0.3) is 0 Å². The van der Waals surface area contributed by atoms with Gasteiger partial charge in [-0.3, -0.25) is 4.99 Å². The van der Waals surface area contributed by atoms with Gasteiger partial charge in [0, 0.05) is 19.5 Å². The number of aliphatic imine (C=N–C) groups is 1. The minimum absolute atomic E-state index is 0.898. The third-order valence-corrected chi connectivity index (χ3v) is 4.01. The molecule has 2 nitrogen and oxygen atoms in total. The molecule has 0 aromatic rings. The molecule has 1 aliphatic carbocycles. The van der Waals surface area contributed by atoms with Crippen LogP contribution in [0.5, 0.6) is 0 Å². The molecule has 2 unspecified atom stereocenters. The molecule has 0 saturated heterocycles. The van der Waals surface area contributed by atoms with Gasteiger partial charge in [-0.2, -0.15) is 0 Å². The lowest BCUT2D eigenvalue weighted by Gasteiger charge is -2.27. The maximum Gasteiger partial charge on any atom is 0.0963 e. The minimum atomic E-state index is 0.898. The highest BCUT2D eigenvalue weighted by atomic mass is 15.0. The van der Waals surface area contributed by atoms with Crippen molar-refractivity contribution >= 4 is 5.84 Å². The van der Waals surface area contributed by atoms with E-state index >= 15 is 0 Å². The zero-order chi connectivity index (χ0) is 11.2. The van der Waals surface area contributed by atoms with Gasteiger partial charge in [0.25, 0.3) is 0 Å². The molecule has 0 bridgehead atoms. The SMILES string of the molecule is CC1CCCC(CNC2=NCCCCC2)C1. The van der Waals surface area contributed by atoms with Crippen LogP contribution < -0.4 is 5.32 Å². The molecule has 2 rings (SSSR count). The molecule has 0 spiro atoms. The van der Waals surface area contributed by atoms with Crippen LogP contribution in [0.4, 0.5) is 0 Å². The average Bonchev–Trinajstić information content (AvgIpc) is 2.55. The van der Waals surface area contributed by atoms with Gasteiger partial charge in [0.05, 0.1) is 5.84 Å². The molecule has 16 heavy (non-hydrogen) atoms. The topological polar surface area (TPSA) is 24.4 Å². The monoisotopic (exact) mass is 222 g/mol. The quantitative estimate of drug-likeness (QED) is 0.761. The first kappa shape index (κ1) is 11.9. The highest BCUT2D eigenvalue weighted by Crippen LogP contribution is 2.27. The first-order chi connectivity index (χ1) is 7.84. The van der Waals surface area contributed by atoms with Crippen LogP contribution in [0.3, 0.4) is 0 Å². The first-order valence-corrected chi connectivity index (χ1v) is 7.12. The summed E-state index contributed by atoms with van der Waals surface area (Å²) in [5.41, 5.74) is 0. The second-order valence-electron chi connectivity index (χ2n) is 5.66. The van der Waals surface area contributed by atoms with Crippen molar-refractivity contribution in [2.45, 2.75) is 58.3 Å². The maximum absolute atomic E-state index is 4.63. The Balaban J connectivity index is 1.71. The fourth-order valence-electron chi connectivity index (χ4n) is 3.03. The average molecular weight is 222 g/mol. The van der Waals surface area contributed by atoms with Crippen molar-refractivity contribution in [3.05, 3.63) is 0 Å². The third-order valence-electron chi connectivity index (χ3n) is 4.01. The van der Waals surface area contributed by atoms with Crippen molar-refractivity contribution in [2.75, 3.05) is 13.1 Å². The summed E-state index contributed by atoms with van der Waals surface area (Å²) in [4.78, 5) is 4.63. The summed E-state index contributed by atoms with van der Waals surface area (Å²) >= 11 is 0. The second kappa shape index (κ2) is 6.27. The Labute approximate surface area is 99.9 Å². The largest absolute Gasteiger partial charge is 0.374 e. The van der Waals surface area contributed by atoms with Crippen molar-refractivity contribution in [3.63, 3.8) is 0 Å². The number of nitrogens with zero attached hydrogens (tertiary/aromatic N) is 1. The van der Waals surface area contributed by atoms with Crippen molar-refractivity contribution in [2.24, 2.45) is 16.8 Å². The van der Waals surface area contributed by atoms with Gasteiger partial charge in [0.2, 0.25) is 0 Å². The van der Waals surface area contributed by atoms with E-state index in [4.69, 9.17) is 0 Å². The van der Waals surface area contributed by atoms with Crippen LogP contribution in [0.15, 0.2) is 4.99 Å². The summed E-state index contributed by atoms with van der Waals surface area (Å²) in [6, 6.07) is 0. The Hall–Kier alpha value is -0.530. The fourth-order valence-corrected chi connectivity index (χ4v) is 3.03. The molecule has 0 aromatic heterocycles. The van der Waals surface area contributed by atoms with E-state index in [0.717, 1.165) is 18.4 Å². The normalized spacial score (nSPS) is 31.7. The first-order valence-electron chi connectivity index (χ1n) is 7.12. The molecule has 2 heteroatoms. The number of nitrogens with one attached hydrogen (secondary N) is 1. The lowest BCUT2D eigenvalue weighted by Crippen LogP contribution is -2.31. The second-order valence-corrected chi connectivity index (χ2v) is 5.66. The van der Waals surface area contributed by atoms with Crippen molar-refractivity contribution in [3.8, 4) is 0 Å². The predicted octanol–water partition coefficient (Wildman–Crippen LogP) is 3.37. The lowest BCUT2D eigenvalue weighted by molar-refractivity contribution is 0.282. The third kappa shape index (κ3) is 3.80. The Kier molecular flexibility index (Phi) is 4.68. The lowest BCUT2D eigenvalue weighted by atomic mass is 9.82. The van der Waals surface area contributed by atoms with Gasteiger partial charge in [-0.15, -0.1) is 0 Å². The van der Waals surface area contributed by atoms with E-state index in [1.54, 1.807) is 0 Å². The highest BCUT2D eigenvalue weighted by molar-refractivity contribution is 5.82. The van der Waals surface area contributed by atoms with E-state index in [1.807, 2.05) is 0 Å². The molecule has 0 amide bonds. The fraction of sp³-hybridized carbons (Fsp3) is 0.929.